The van der Waals surface area contributed by atoms with E-state index >= 15 is 0 Å². The average molecular weight is 508 g/mol. The molecule has 1 heterocycles. The highest BCUT2D eigenvalue weighted by molar-refractivity contribution is 7.99. The number of aliphatic hydroxyl groups is 1. The lowest BCUT2D eigenvalue weighted by Gasteiger charge is -2.41. The van der Waals surface area contributed by atoms with Crippen molar-refractivity contribution < 1.29 is 29.3 Å². The zero-order valence-electron chi connectivity index (χ0n) is 20.1. The molecule has 0 saturated carbocycles. The number of nitrogens with one attached hydrogen (secondary N) is 1. The number of carbonyl (C=O) groups excluding carboxylic acids is 1. The van der Waals surface area contributed by atoms with Gasteiger partial charge in [0.25, 0.3) is 0 Å². The van der Waals surface area contributed by atoms with Crippen LogP contribution in [0.1, 0.15) is 53.3 Å². The van der Waals surface area contributed by atoms with Gasteiger partial charge in [-0.2, -0.15) is 0 Å². The largest absolute Gasteiger partial charge is 0.478 e. The van der Waals surface area contributed by atoms with Gasteiger partial charge in [-0.25, -0.2) is 4.79 Å². The highest BCUT2D eigenvalue weighted by Gasteiger charge is 2.38. The van der Waals surface area contributed by atoms with Gasteiger partial charge in [-0.05, 0) is 47.5 Å². The summed E-state index contributed by atoms with van der Waals surface area (Å²) in [5.74, 6) is -0.398. The normalized spacial score (nSPS) is 21.6. The molecule has 4 unspecified atom stereocenters. The first-order chi connectivity index (χ1) is 17.3. The minimum absolute atomic E-state index is 0.0202. The minimum Gasteiger partial charge on any atom is -0.478 e. The van der Waals surface area contributed by atoms with Crippen molar-refractivity contribution in [2.75, 3.05) is 11.1 Å². The Balaban J connectivity index is 1.55. The first-order valence-corrected chi connectivity index (χ1v) is 12.7. The van der Waals surface area contributed by atoms with Crippen LogP contribution in [0.4, 0.5) is 5.69 Å². The molecule has 4 rings (SSSR count). The Labute approximate surface area is 214 Å². The predicted molar refractivity (Wildman–Crippen MR) is 138 cm³/mol. The van der Waals surface area contributed by atoms with Crippen LogP contribution in [-0.4, -0.2) is 33.9 Å². The summed E-state index contributed by atoms with van der Waals surface area (Å²) in [6, 6.07) is 22.0. The van der Waals surface area contributed by atoms with Crippen molar-refractivity contribution in [3.05, 3.63) is 95.1 Å². The van der Waals surface area contributed by atoms with E-state index in [1.807, 2.05) is 48.5 Å². The summed E-state index contributed by atoms with van der Waals surface area (Å²) >= 11 is 1.61. The van der Waals surface area contributed by atoms with Crippen LogP contribution in [-0.2, 0) is 20.9 Å². The van der Waals surface area contributed by atoms with E-state index in [1.165, 1.54) is 6.92 Å². The third kappa shape index (κ3) is 6.33. The van der Waals surface area contributed by atoms with Crippen molar-refractivity contribution in [3.8, 4) is 0 Å². The molecule has 7 nitrogen and oxygen atoms in total. The molecule has 4 atom stereocenters. The van der Waals surface area contributed by atoms with E-state index in [2.05, 4.69) is 12.2 Å². The quantitative estimate of drug-likeness (QED) is 0.350. The van der Waals surface area contributed by atoms with Gasteiger partial charge in [0.15, 0.2) is 6.29 Å². The summed E-state index contributed by atoms with van der Waals surface area (Å²) in [5, 5.41) is 21.3. The summed E-state index contributed by atoms with van der Waals surface area (Å²) in [6.45, 7) is 3.54. The van der Waals surface area contributed by atoms with Gasteiger partial charge in [0, 0.05) is 34.7 Å². The second-order valence-corrected chi connectivity index (χ2v) is 9.86. The fraction of sp³-hybridized carbons (Fsp3) is 0.286. The minimum atomic E-state index is -0.949. The monoisotopic (exact) mass is 507 g/mol. The zero-order chi connectivity index (χ0) is 25.7. The van der Waals surface area contributed by atoms with Crippen molar-refractivity contribution in [2.45, 2.75) is 43.8 Å². The van der Waals surface area contributed by atoms with Crippen molar-refractivity contribution in [1.29, 1.82) is 0 Å². The maximum Gasteiger partial charge on any atom is 0.335 e. The molecule has 1 amide bonds. The number of benzene rings is 3. The lowest BCUT2D eigenvalue weighted by Crippen LogP contribution is -2.38. The van der Waals surface area contributed by atoms with Gasteiger partial charge in [0.2, 0.25) is 5.91 Å². The topological polar surface area (TPSA) is 105 Å². The molecular weight excluding hydrogens is 478 g/mol. The van der Waals surface area contributed by atoms with Crippen molar-refractivity contribution in [3.63, 3.8) is 0 Å². The van der Waals surface area contributed by atoms with Crippen LogP contribution in [0, 0.1) is 5.92 Å². The van der Waals surface area contributed by atoms with Crippen LogP contribution in [0.25, 0.3) is 0 Å². The zero-order valence-corrected chi connectivity index (χ0v) is 20.9. The number of carboxylic acid groups (broad SMARTS) is 1. The van der Waals surface area contributed by atoms with E-state index in [0.717, 1.165) is 21.6 Å². The number of anilines is 1. The van der Waals surface area contributed by atoms with Crippen molar-refractivity contribution in [2.24, 2.45) is 5.92 Å². The number of carboxylic acids is 1. The van der Waals surface area contributed by atoms with Gasteiger partial charge in [0.05, 0.1) is 24.4 Å². The van der Waals surface area contributed by atoms with E-state index in [0.29, 0.717) is 11.4 Å². The molecule has 8 heteroatoms. The third-order valence-corrected chi connectivity index (χ3v) is 7.24. The summed E-state index contributed by atoms with van der Waals surface area (Å²) in [7, 11) is 0. The number of hydrogen-bond donors (Lipinski definition) is 3. The van der Waals surface area contributed by atoms with Crippen LogP contribution in [0.5, 0.6) is 0 Å². The fourth-order valence-corrected chi connectivity index (χ4v) is 5.18. The number of amides is 1. The van der Waals surface area contributed by atoms with Gasteiger partial charge in [-0.3, -0.25) is 4.79 Å². The molecule has 1 saturated heterocycles. The van der Waals surface area contributed by atoms with Gasteiger partial charge < -0.3 is 25.0 Å². The Morgan fingerprint density at radius 2 is 1.56 bits per heavy atom. The highest BCUT2D eigenvalue weighted by atomic mass is 32.2. The Morgan fingerprint density at radius 3 is 2.14 bits per heavy atom. The Bertz CT molecular complexity index is 1180. The van der Waals surface area contributed by atoms with Gasteiger partial charge >= 0.3 is 5.97 Å². The Kier molecular flexibility index (Phi) is 8.43. The molecule has 3 aromatic rings. The molecule has 0 radical (unpaired) electrons. The van der Waals surface area contributed by atoms with Gasteiger partial charge in [-0.1, -0.05) is 43.3 Å². The summed E-state index contributed by atoms with van der Waals surface area (Å²) in [6.07, 6.45) is -0.980. The van der Waals surface area contributed by atoms with E-state index in [4.69, 9.17) is 14.6 Å². The van der Waals surface area contributed by atoms with E-state index < -0.39 is 12.3 Å². The summed E-state index contributed by atoms with van der Waals surface area (Å²) < 4.78 is 12.9. The smallest absolute Gasteiger partial charge is 0.335 e. The number of carbonyl (C=O) groups is 2. The third-order valence-electron chi connectivity index (χ3n) is 6.14. The molecule has 0 aromatic heterocycles. The number of rotatable bonds is 8. The lowest BCUT2D eigenvalue weighted by molar-refractivity contribution is -0.268. The fourth-order valence-electron chi connectivity index (χ4n) is 4.11. The molecule has 188 valence electrons. The average Bonchev–Trinajstić information content (AvgIpc) is 2.88. The number of ether oxygens (including phenoxy) is 2. The summed E-state index contributed by atoms with van der Waals surface area (Å²) in [5.41, 5.74) is 3.63. The summed E-state index contributed by atoms with van der Waals surface area (Å²) in [4.78, 5) is 23.5. The number of aromatic carboxylic acids is 1. The first-order valence-electron chi connectivity index (χ1n) is 11.7. The molecule has 0 bridgehead atoms. The van der Waals surface area contributed by atoms with E-state index in [-0.39, 0.29) is 36.2 Å². The second-order valence-electron chi connectivity index (χ2n) is 8.77. The molecule has 1 aliphatic rings. The molecule has 1 aliphatic heterocycles. The van der Waals surface area contributed by atoms with E-state index in [1.54, 1.807) is 36.0 Å². The molecule has 1 fully saturated rings. The molecule has 0 aliphatic carbocycles. The number of hydrogen-bond acceptors (Lipinski definition) is 6. The molecule has 3 aromatic carbocycles. The van der Waals surface area contributed by atoms with Gasteiger partial charge in [0.1, 0.15) is 0 Å². The second kappa shape index (κ2) is 11.7. The lowest BCUT2D eigenvalue weighted by atomic mass is 9.91. The Morgan fingerprint density at radius 1 is 0.917 bits per heavy atom. The van der Waals surface area contributed by atoms with Gasteiger partial charge in [-0.15, -0.1) is 11.8 Å². The van der Waals surface area contributed by atoms with Crippen LogP contribution < -0.4 is 5.32 Å². The maximum atomic E-state index is 11.4. The predicted octanol–water partition coefficient (Wildman–Crippen LogP) is 5.42. The molecule has 36 heavy (non-hydrogen) atoms. The number of thioether (sulfide) groups is 1. The highest BCUT2D eigenvalue weighted by Crippen LogP contribution is 2.43. The SMILES string of the molecule is CC(=O)Nc1ccc(C2OC(CSc3ccc(C(=O)O)cc3)C(C)C(c3ccc(CO)cc3)O2)cc1. The van der Waals surface area contributed by atoms with Crippen LogP contribution in [0.2, 0.25) is 0 Å². The van der Waals surface area contributed by atoms with E-state index in [9.17, 15) is 14.7 Å². The van der Waals surface area contributed by atoms with Crippen molar-refractivity contribution in [1.82, 2.24) is 0 Å². The van der Waals surface area contributed by atoms with Crippen molar-refractivity contribution >= 4 is 29.3 Å². The molecular formula is C28H29NO6S. The van der Waals surface area contributed by atoms with Crippen LogP contribution >= 0.6 is 11.8 Å². The Hall–Kier alpha value is -3.17. The first kappa shape index (κ1) is 25.9. The molecule has 3 N–H and O–H groups in total. The van der Waals surface area contributed by atoms with Crippen LogP contribution in [0.15, 0.2) is 77.7 Å². The standard InChI is InChI=1S/C28H29NO6S/c1-17-25(16-36-24-13-9-21(10-14-24)27(32)33)34-28(22-7-11-23(12-8-22)29-18(2)31)35-26(17)20-5-3-19(15-30)4-6-20/h3-14,17,25-26,28,30H,15-16H2,1-2H3,(H,29,31)(H,32,33). The van der Waals surface area contributed by atoms with Crippen LogP contribution in [0.3, 0.4) is 0 Å². The molecule has 0 spiro atoms. The maximum absolute atomic E-state index is 11.4. The number of aliphatic hydroxyl groups excluding tert-OH is 1.